The summed E-state index contributed by atoms with van der Waals surface area (Å²) < 4.78 is 44.6. The quantitative estimate of drug-likeness (QED) is 0.278. The van der Waals surface area contributed by atoms with Crippen molar-refractivity contribution in [3.8, 4) is 0 Å². The van der Waals surface area contributed by atoms with Gasteiger partial charge in [0, 0.05) is 18.6 Å². The lowest BCUT2D eigenvalue weighted by Crippen LogP contribution is -2.36. The molecule has 2 atom stereocenters. The number of ether oxygens (including phenoxy) is 1. The summed E-state index contributed by atoms with van der Waals surface area (Å²) >= 11 is 0. The minimum Gasteiger partial charge on any atom is -0.378 e. The Bertz CT molecular complexity index is 747. The maximum absolute atomic E-state index is 11.3. The van der Waals surface area contributed by atoms with Crippen molar-refractivity contribution in [3.63, 3.8) is 0 Å². The van der Waals surface area contributed by atoms with Crippen molar-refractivity contribution in [2.24, 2.45) is 5.92 Å². The van der Waals surface area contributed by atoms with Crippen molar-refractivity contribution in [3.05, 3.63) is 35.4 Å². The van der Waals surface area contributed by atoms with Crippen LogP contribution in [0.2, 0.25) is 0 Å². The molecule has 2 unspecified atom stereocenters. The standard InChI is InChI=1S/C22H35NO5S/c1-3-5-6-10-19(9-4-2)17-27-18-22(28-29(24,25)26)16-23-14-13-20-11-7-8-12-21(20)15-23/h7-8,11-12,15,19,22H,3-6,9-10,13-14,16-18H2,1-2H3/p+1. The van der Waals surface area contributed by atoms with Gasteiger partial charge in [0.2, 0.25) is 0 Å². The summed E-state index contributed by atoms with van der Waals surface area (Å²) in [5, 5.41) is 0. The second-order valence-electron chi connectivity index (χ2n) is 7.91. The van der Waals surface area contributed by atoms with Gasteiger partial charge in [0.15, 0.2) is 18.9 Å². The van der Waals surface area contributed by atoms with Crippen molar-refractivity contribution in [1.29, 1.82) is 0 Å². The maximum Gasteiger partial charge on any atom is 0.397 e. The molecule has 0 spiro atoms. The van der Waals surface area contributed by atoms with Gasteiger partial charge in [-0.05, 0) is 30.4 Å². The van der Waals surface area contributed by atoms with Crippen LogP contribution in [0.5, 0.6) is 0 Å². The van der Waals surface area contributed by atoms with Crippen molar-refractivity contribution < 1.29 is 26.5 Å². The summed E-state index contributed by atoms with van der Waals surface area (Å²) in [5.74, 6) is 0.478. The van der Waals surface area contributed by atoms with E-state index in [9.17, 15) is 13.0 Å². The lowest BCUT2D eigenvalue weighted by atomic mass is 9.97. The van der Waals surface area contributed by atoms with Crippen LogP contribution in [0.15, 0.2) is 24.3 Å². The Labute approximate surface area is 175 Å². The van der Waals surface area contributed by atoms with Gasteiger partial charge in [-0.3, -0.25) is 4.55 Å². The van der Waals surface area contributed by atoms with Gasteiger partial charge < -0.3 is 4.74 Å². The Kier molecular flexibility index (Phi) is 10.3. The van der Waals surface area contributed by atoms with Gasteiger partial charge in [0.05, 0.1) is 6.61 Å². The summed E-state index contributed by atoms with van der Waals surface area (Å²) in [4.78, 5) is 0. The van der Waals surface area contributed by atoms with Gasteiger partial charge in [0.25, 0.3) is 0 Å². The molecule has 29 heavy (non-hydrogen) atoms. The SMILES string of the molecule is CCCCCC(CCC)COCC(C[N+]1=Cc2ccccc2CC1)OS(=O)(=O)O. The van der Waals surface area contributed by atoms with Crippen LogP contribution in [-0.4, -0.2) is 56.2 Å². The van der Waals surface area contributed by atoms with Crippen LogP contribution < -0.4 is 0 Å². The van der Waals surface area contributed by atoms with Crippen molar-refractivity contribution in [2.45, 2.75) is 64.9 Å². The van der Waals surface area contributed by atoms with Crippen molar-refractivity contribution in [1.82, 2.24) is 0 Å². The number of benzene rings is 1. The number of hydrogen-bond acceptors (Lipinski definition) is 4. The third-order valence-corrected chi connectivity index (χ3v) is 5.83. The smallest absolute Gasteiger partial charge is 0.378 e. The van der Waals surface area contributed by atoms with Crippen LogP contribution in [0.1, 0.15) is 63.5 Å². The van der Waals surface area contributed by atoms with E-state index in [4.69, 9.17) is 8.92 Å². The molecule has 0 saturated heterocycles. The van der Waals surface area contributed by atoms with Crippen LogP contribution in [0, 0.1) is 5.92 Å². The van der Waals surface area contributed by atoms with E-state index in [1.807, 2.05) is 29.0 Å². The van der Waals surface area contributed by atoms with E-state index in [-0.39, 0.29) is 6.61 Å². The zero-order valence-corrected chi connectivity index (χ0v) is 18.6. The highest BCUT2D eigenvalue weighted by Gasteiger charge is 2.25. The van der Waals surface area contributed by atoms with E-state index >= 15 is 0 Å². The summed E-state index contributed by atoms with van der Waals surface area (Å²) in [6, 6.07) is 8.15. The molecule has 0 aliphatic carbocycles. The van der Waals surface area contributed by atoms with E-state index < -0.39 is 16.5 Å². The van der Waals surface area contributed by atoms with E-state index in [1.54, 1.807) is 0 Å². The molecule has 1 aromatic rings. The molecule has 1 aromatic carbocycles. The molecule has 0 bridgehead atoms. The molecular formula is C22H36NO5S+. The molecule has 1 N–H and O–H groups in total. The molecule has 0 aromatic heterocycles. The van der Waals surface area contributed by atoms with E-state index in [0.29, 0.717) is 19.1 Å². The predicted octanol–water partition coefficient (Wildman–Crippen LogP) is 3.88. The average molecular weight is 427 g/mol. The number of fused-ring (bicyclic) bond motifs is 1. The number of hydrogen-bond donors (Lipinski definition) is 1. The Morgan fingerprint density at radius 2 is 1.90 bits per heavy atom. The molecule has 1 aliphatic heterocycles. The third-order valence-electron chi connectivity index (χ3n) is 5.31. The van der Waals surface area contributed by atoms with Gasteiger partial charge in [-0.15, -0.1) is 0 Å². The fourth-order valence-corrected chi connectivity index (χ4v) is 4.33. The minimum absolute atomic E-state index is 0.139. The van der Waals surface area contributed by atoms with Crippen LogP contribution >= 0.6 is 0 Å². The Balaban J connectivity index is 1.93. The Morgan fingerprint density at radius 1 is 1.10 bits per heavy atom. The monoisotopic (exact) mass is 426 g/mol. The number of rotatable bonds is 14. The predicted molar refractivity (Wildman–Crippen MR) is 115 cm³/mol. The van der Waals surface area contributed by atoms with Gasteiger partial charge in [0.1, 0.15) is 6.54 Å². The second-order valence-corrected chi connectivity index (χ2v) is 8.95. The first-order chi connectivity index (χ1) is 13.9. The highest BCUT2D eigenvalue weighted by molar-refractivity contribution is 7.80. The first kappa shape index (κ1) is 24.0. The highest BCUT2D eigenvalue weighted by Crippen LogP contribution is 2.17. The van der Waals surface area contributed by atoms with Crippen LogP contribution in [0.25, 0.3) is 0 Å². The van der Waals surface area contributed by atoms with Crippen molar-refractivity contribution >= 4 is 16.6 Å². The molecular weight excluding hydrogens is 390 g/mol. The van der Waals surface area contributed by atoms with Crippen LogP contribution in [0.3, 0.4) is 0 Å². The first-order valence-electron chi connectivity index (χ1n) is 10.8. The molecule has 1 aliphatic rings. The zero-order valence-electron chi connectivity index (χ0n) is 17.8. The van der Waals surface area contributed by atoms with Gasteiger partial charge in [-0.25, -0.2) is 8.76 Å². The topological polar surface area (TPSA) is 75.8 Å². The molecule has 6 nitrogen and oxygen atoms in total. The molecule has 0 radical (unpaired) electrons. The van der Waals surface area contributed by atoms with Crippen LogP contribution in [-0.2, 0) is 25.7 Å². The third kappa shape index (κ3) is 9.38. The zero-order chi connectivity index (χ0) is 21.1. The summed E-state index contributed by atoms with van der Waals surface area (Å²) in [6.07, 6.45) is 9.10. The second kappa shape index (κ2) is 12.4. The Hall–Kier alpha value is -1.28. The van der Waals surface area contributed by atoms with Gasteiger partial charge >= 0.3 is 10.4 Å². The van der Waals surface area contributed by atoms with Gasteiger partial charge in [-0.1, -0.05) is 57.7 Å². The molecule has 7 heteroatoms. The van der Waals surface area contributed by atoms with Gasteiger partial charge in [-0.2, -0.15) is 8.42 Å². The lowest BCUT2D eigenvalue weighted by molar-refractivity contribution is -0.532. The molecule has 0 saturated carbocycles. The van der Waals surface area contributed by atoms with Crippen LogP contribution in [0.4, 0.5) is 0 Å². The highest BCUT2D eigenvalue weighted by atomic mass is 32.3. The lowest BCUT2D eigenvalue weighted by Gasteiger charge is -2.20. The van der Waals surface area contributed by atoms with E-state index in [0.717, 1.165) is 37.8 Å². The molecule has 1 heterocycles. The summed E-state index contributed by atoms with van der Waals surface area (Å²) in [6.45, 7) is 6.22. The minimum atomic E-state index is -4.53. The number of nitrogens with zero attached hydrogens (tertiary/aromatic N) is 1. The van der Waals surface area contributed by atoms with Crippen molar-refractivity contribution in [2.75, 3.05) is 26.3 Å². The summed E-state index contributed by atoms with van der Waals surface area (Å²) in [5.41, 5.74) is 2.41. The fourth-order valence-electron chi connectivity index (χ4n) is 3.87. The maximum atomic E-state index is 11.3. The van der Waals surface area contributed by atoms with E-state index in [2.05, 4.69) is 19.9 Å². The normalized spacial score (nSPS) is 16.2. The molecule has 164 valence electrons. The first-order valence-corrected chi connectivity index (χ1v) is 12.2. The summed E-state index contributed by atoms with van der Waals surface area (Å²) in [7, 11) is -4.53. The molecule has 2 rings (SSSR count). The fraction of sp³-hybridized carbons (Fsp3) is 0.682. The number of unbranched alkanes of at least 4 members (excludes halogenated alkanes) is 2. The Morgan fingerprint density at radius 3 is 2.62 bits per heavy atom. The van der Waals surface area contributed by atoms with E-state index in [1.165, 1.54) is 24.8 Å². The average Bonchev–Trinajstić information content (AvgIpc) is 2.67. The molecule has 0 amide bonds. The molecule has 0 fully saturated rings. The largest absolute Gasteiger partial charge is 0.397 e.